The molecule has 0 saturated heterocycles. The van der Waals surface area contributed by atoms with Gasteiger partial charge in [-0.05, 0) is 23.6 Å². The van der Waals surface area contributed by atoms with E-state index in [4.69, 9.17) is 5.73 Å². The Bertz CT molecular complexity index is 584. The van der Waals surface area contributed by atoms with Crippen LogP contribution < -0.4 is 11.1 Å². The summed E-state index contributed by atoms with van der Waals surface area (Å²) in [7, 11) is 0. The van der Waals surface area contributed by atoms with Crippen LogP contribution in [0.4, 0.5) is 0 Å². The molecule has 0 bridgehead atoms. The van der Waals surface area contributed by atoms with Crippen LogP contribution >= 0.6 is 12.4 Å². The smallest absolute Gasteiger partial charge is 0.224 e. The molecule has 2 aromatic rings. The average Bonchev–Trinajstić information content (AvgIpc) is 2.55. The zero-order chi connectivity index (χ0) is 15.2. The molecule has 4 heteroatoms. The second-order valence-corrected chi connectivity index (χ2v) is 5.36. The lowest BCUT2D eigenvalue weighted by atomic mass is 10.0. The SMILES string of the molecule is CC(CN)C(=O)NC(C)c1ccc(-c2ccccc2)cc1.Cl. The van der Waals surface area contributed by atoms with Crippen LogP contribution in [0.25, 0.3) is 11.1 Å². The van der Waals surface area contributed by atoms with Crippen LogP contribution in [0, 0.1) is 5.92 Å². The first-order valence-electron chi connectivity index (χ1n) is 7.27. The Labute approximate surface area is 138 Å². The molecule has 2 rings (SSSR count). The van der Waals surface area contributed by atoms with Crippen LogP contribution in [0.3, 0.4) is 0 Å². The van der Waals surface area contributed by atoms with Crippen LogP contribution in [-0.2, 0) is 4.79 Å². The van der Waals surface area contributed by atoms with E-state index in [9.17, 15) is 4.79 Å². The molecule has 22 heavy (non-hydrogen) atoms. The van der Waals surface area contributed by atoms with Gasteiger partial charge in [-0.3, -0.25) is 4.79 Å². The first kappa shape index (κ1) is 18.2. The van der Waals surface area contributed by atoms with Crippen molar-refractivity contribution in [3.8, 4) is 11.1 Å². The summed E-state index contributed by atoms with van der Waals surface area (Å²) in [5, 5.41) is 2.99. The van der Waals surface area contributed by atoms with Gasteiger partial charge in [-0.1, -0.05) is 61.5 Å². The van der Waals surface area contributed by atoms with Crippen molar-refractivity contribution in [2.45, 2.75) is 19.9 Å². The topological polar surface area (TPSA) is 55.1 Å². The third kappa shape index (κ3) is 4.58. The molecule has 3 nitrogen and oxygen atoms in total. The second-order valence-electron chi connectivity index (χ2n) is 5.36. The van der Waals surface area contributed by atoms with E-state index in [1.165, 1.54) is 11.1 Å². The zero-order valence-corrected chi connectivity index (χ0v) is 13.8. The molecule has 0 aromatic heterocycles. The molecule has 0 saturated carbocycles. The van der Waals surface area contributed by atoms with E-state index in [-0.39, 0.29) is 30.3 Å². The molecule has 0 heterocycles. The highest BCUT2D eigenvalue weighted by atomic mass is 35.5. The van der Waals surface area contributed by atoms with E-state index in [0.29, 0.717) is 6.54 Å². The number of halogens is 1. The van der Waals surface area contributed by atoms with E-state index in [2.05, 4.69) is 41.7 Å². The molecule has 2 unspecified atom stereocenters. The van der Waals surface area contributed by atoms with Crippen molar-refractivity contribution >= 4 is 18.3 Å². The number of rotatable bonds is 5. The summed E-state index contributed by atoms with van der Waals surface area (Å²) in [6.07, 6.45) is 0. The summed E-state index contributed by atoms with van der Waals surface area (Å²) >= 11 is 0. The summed E-state index contributed by atoms with van der Waals surface area (Å²) in [5.41, 5.74) is 8.97. The van der Waals surface area contributed by atoms with Crippen LogP contribution in [0.2, 0.25) is 0 Å². The van der Waals surface area contributed by atoms with Crippen LogP contribution in [0.1, 0.15) is 25.5 Å². The lowest BCUT2D eigenvalue weighted by Gasteiger charge is -2.17. The molecular formula is C18H23ClN2O. The van der Waals surface area contributed by atoms with Crippen molar-refractivity contribution in [2.24, 2.45) is 11.7 Å². The zero-order valence-electron chi connectivity index (χ0n) is 13.0. The highest BCUT2D eigenvalue weighted by molar-refractivity contribution is 5.85. The highest BCUT2D eigenvalue weighted by Gasteiger charge is 2.14. The lowest BCUT2D eigenvalue weighted by molar-refractivity contribution is -0.124. The molecule has 0 spiro atoms. The third-order valence-corrected chi connectivity index (χ3v) is 3.68. The van der Waals surface area contributed by atoms with E-state index < -0.39 is 0 Å². The van der Waals surface area contributed by atoms with Gasteiger partial charge < -0.3 is 11.1 Å². The molecule has 118 valence electrons. The number of benzene rings is 2. The third-order valence-electron chi connectivity index (χ3n) is 3.68. The molecule has 0 fully saturated rings. The maximum absolute atomic E-state index is 11.9. The molecule has 3 N–H and O–H groups in total. The van der Waals surface area contributed by atoms with E-state index in [1.807, 2.05) is 32.0 Å². The monoisotopic (exact) mass is 318 g/mol. The van der Waals surface area contributed by atoms with Crippen molar-refractivity contribution in [3.63, 3.8) is 0 Å². The maximum Gasteiger partial charge on any atom is 0.224 e. The number of hydrogen-bond acceptors (Lipinski definition) is 2. The Kier molecular flexibility index (Phi) is 7.09. The van der Waals surface area contributed by atoms with Crippen molar-refractivity contribution in [3.05, 3.63) is 60.2 Å². The highest BCUT2D eigenvalue weighted by Crippen LogP contribution is 2.21. The normalized spacial score (nSPS) is 12.9. The molecule has 2 atom stereocenters. The fourth-order valence-corrected chi connectivity index (χ4v) is 2.14. The van der Waals surface area contributed by atoms with Crippen LogP contribution in [0.5, 0.6) is 0 Å². The summed E-state index contributed by atoms with van der Waals surface area (Å²) in [4.78, 5) is 11.9. The van der Waals surface area contributed by atoms with Crippen LogP contribution in [-0.4, -0.2) is 12.5 Å². The Hall–Kier alpha value is -1.84. The molecule has 0 aliphatic heterocycles. The van der Waals surface area contributed by atoms with Gasteiger partial charge in [-0.2, -0.15) is 0 Å². The number of amides is 1. The second kappa shape index (κ2) is 8.57. The molecular weight excluding hydrogens is 296 g/mol. The minimum Gasteiger partial charge on any atom is -0.349 e. The predicted octanol–water partition coefficient (Wildman–Crippen LogP) is 3.55. The minimum atomic E-state index is -0.156. The van der Waals surface area contributed by atoms with E-state index >= 15 is 0 Å². The molecule has 0 radical (unpaired) electrons. The van der Waals surface area contributed by atoms with Gasteiger partial charge in [0, 0.05) is 12.5 Å². The van der Waals surface area contributed by atoms with Gasteiger partial charge in [-0.25, -0.2) is 0 Å². The summed E-state index contributed by atoms with van der Waals surface area (Å²) < 4.78 is 0. The van der Waals surface area contributed by atoms with Gasteiger partial charge in [0.05, 0.1) is 6.04 Å². The molecule has 0 aliphatic rings. The van der Waals surface area contributed by atoms with Crippen LogP contribution in [0.15, 0.2) is 54.6 Å². The minimum absolute atomic E-state index is 0. The van der Waals surface area contributed by atoms with Gasteiger partial charge in [0.15, 0.2) is 0 Å². The fourth-order valence-electron chi connectivity index (χ4n) is 2.14. The Morgan fingerprint density at radius 1 is 1.00 bits per heavy atom. The summed E-state index contributed by atoms with van der Waals surface area (Å²) in [5.74, 6) is -0.159. The van der Waals surface area contributed by atoms with Gasteiger partial charge in [0.2, 0.25) is 5.91 Å². The summed E-state index contributed by atoms with van der Waals surface area (Å²) in [6.45, 7) is 4.19. The van der Waals surface area contributed by atoms with Gasteiger partial charge >= 0.3 is 0 Å². The molecule has 1 amide bonds. The van der Waals surface area contributed by atoms with E-state index in [1.54, 1.807) is 0 Å². The first-order chi connectivity index (χ1) is 10.1. The average molecular weight is 319 g/mol. The number of nitrogens with one attached hydrogen (secondary N) is 1. The predicted molar refractivity (Wildman–Crippen MR) is 93.9 cm³/mol. The Morgan fingerprint density at radius 2 is 1.55 bits per heavy atom. The molecule has 0 aliphatic carbocycles. The fraction of sp³-hybridized carbons (Fsp3) is 0.278. The first-order valence-corrected chi connectivity index (χ1v) is 7.27. The Balaban J connectivity index is 0.00000242. The number of hydrogen-bond donors (Lipinski definition) is 2. The summed E-state index contributed by atoms with van der Waals surface area (Å²) in [6, 6.07) is 18.5. The van der Waals surface area contributed by atoms with Gasteiger partial charge in [0.1, 0.15) is 0 Å². The van der Waals surface area contributed by atoms with Crippen molar-refractivity contribution in [2.75, 3.05) is 6.54 Å². The van der Waals surface area contributed by atoms with Gasteiger partial charge in [0.25, 0.3) is 0 Å². The Morgan fingerprint density at radius 3 is 2.09 bits per heavy atom. The number of carbonyl (C=O) groups is 1. The van der Waals surface area contributed by atoms with Crippen molar-refractivity contribution < 1.29 is 4.79 Å². The molecule has 2 aromatic carbocycles. The van der Waals surface area contributed by atoms with Crippen molar-refractivity contribution in [1.29, 1.82) is 0 Å². The van der Waals surface area contributed by atoms with Gasteiger partial charge in [-0.15, -0.1) is 12.4 Å². The van der Waals surface area contributed by atoms with Crippen molar-refractivity contribution in [1.82, 2.24) is 5.32 Å². The largest absolute Gasteiger partial charge is 0.349 e. The quantitative estimate of drug-likeness (QED) is 0.885. The van der Waals surface area contributed by atoms with E-state index in [0.717, 1.165) is 5.56 Å². The maximum atomic E-state index is 11.9. The standard InChI is InChI=1S/C18H22N2O.ClH/c1-13(12-19)18(21)20-14(2)15-8-10-17(11-9-15)16-6-4-3-5-7-16;/h3-11,13-14H,12,19H2,1-2H3,(H,20,21);1H. The lowest BCUT2D eigenvalue weighted by Crippen LogP contribution is -2.34. The number of nitrogens with two attached hydrogens (primary N) is 1. The number of carbonyl (C=O) groups excluding carboxylic acids is 1.